The van der Waals surface area contributed by atoms with E-state index in [0.717, 1.165) is 31.4 Å². The van der Waals surface area contributed by atoms with Crippen LogP contribution in [0.3, 0.4) is 0 Å². The van der Waals surface area contributed by atoms with Crippen LogP contribution in [0.1, 0.15) is 54.4 Å². The van der Waals surface area contributed by atoms with E-state index >= 15 is 0 Å². The number of aliphatic carboxylic acids is 1. The minimum Gasteiger partial charge on any atom is -0.497 e. The van der Waals surface area contributed by atoms with Gasteiger partial charge in [0.1, 0.15) is 12.4 Å². The number of hydrogen-bond donors (Lipinski definition) is 2. The first-order chi connectivity index (χ1) is 15.8. The molecule has 2 bridgehead atoms. The van der Waals surface area contributed by atoms with Gasteiger partial charge in [-0.1, -0.05) is 12.1 Å². The van der Waals surface area contributed by atoms with Gasteiger partial charge in [-0.3, -0.25) is 9.59 Å². The van der Waals surface area contributed by atoms with Gasteiger partial charge in [-0.25, -0.2) is 8.78 Å². The van der Waals surface area contributed by atoms with Crippen molar-refractivity contribution in [3.8, 4) is 11.5 Å². The highest BCUT2D eigenvalue weighted by Gasteiger charge is 2.52. The predicted octanol–water partition coefficient (Wildman–Crippen LogP) is 4.71. The molecule has 0 radical (unpaired) electrons. The SMILES string of the molecule is COc1ccc(COc2c(F)cc(C(=O)NCC34CCC(C(=O)O)(CC3)CC4)cc2F)cc1. The highest BCUT2D eigenvalue weighted by Crippen LogP contribution is 2.56. The summed E-state index contributed by atoms with van der Waals surface area (Å²) in [6.07, 6.45) is 3.96. The lowest BCUT2D eigenvalue weighted by Crippen LogP contribution is -2.50. The Morgan fingerprint density at radius 3 is 2.09 bits per heavy atom. The van der Waals surface area contributed by atoms with E-state index in [1.807, 2.05) is 0 Å². The summed E-state index contributed by atoms with van der Waals surface area (Å²) < 4.78 is 39.5. The number of rotatable bonds is 8. The van der Waals surface area contributed by atoms with Gasteiger partial charge in [0.05, 0.1) is 12.5 Å². The van der Waals surface area contributed by atoms with Gasteiger partial charge in [-0.2, -0.15) is 0 Å². The Labute approximate surface area is 190 Å². The van der Waals surface area contributed by atoms with Crippen LogP contribution in [0, 0.1) is 22.5 Å². The molecule has 0 aliphatic heterocycles. The van der Waals surface area contributed by atoms with Crippen molar-refractivity contribution in [3.63, 3.8) is 0 Å². The Balaban J connectivity index is 1.36. The van der Waals surface area contributed by atoms with Crippen LogP contribution in [-0.4, -0.2) is 30.6 Å². The summed E-state index contributed by atoms with van der Waals surface area (Å²) in [4.78, 5) is 24.2. The van der Waals surface area contributed by atoms with E-state index in [-0.39, 0.29) is 17.6 Å². The highest BCUT2D eigenvalue weighted by molar-refractivity contribution is 5.94. The zero-order valence-electron chi connectivity index (χ0n) is 18.5. The van der Waals surface area contributed by atoms with E-state index in [9.17, 15) is 23.5 Å². The molecule has 3 fully saturated rings. The maximum Gasteiger partial charge on any atom is 0.309 e. The summed E-state index contributed by atoms with van der Waals surface area (Å²) in [5.41, 5.74) is -0.183. The normalized spacial score (nSPS) is 23.7. The molecule has 3 saturated carbocycles. The number of halogens is 2. The summed E-state index contributed by atoms with van der Waals surface area (Å²) in [7, 11) is 1.54. The molecular formula is C25H27F2NO5. The van der Waals surface area contributed by atoms with Crippen molar-refractivity contribution in [1.29, 1.82) is 0 Å². The minimum atomic E-state index is -0.951. The van der Waals surface area contributed by atoms with Gasteiger partial charge in [-0.05, 0) is 73.8 Å². The summed E-state index contributed by atoms with van der Waals surface area (Å²) in [5.74, 6) is -3.08. The van der Waals surface area contributed by atoms with Crippen LogP contribution in [-0.2, 0) is 11.4 Å². The second kappa shape index (κ2) is 9.00. The Hall–Kier alpha value is -3.16. The van der Waals surface area contributed by atoms with Crippen molar-refractivity contribution < 1.29 is 33.0 Å². The van der Waals surface area contributed by atoms with E-state index in [1.165, 1.54) is 0 Å². The number of carboxylic acids is 1. The minimum absolute atomic E-state index is 0.0380. The molecule has 6 nitrogen and oxygen atoms in total. The molecule has 0 atom stereocenters. The molecule has 176 valence electrons. The van der Waals surface area contributed by atoms with E-state index in [4.69, 9.17) is 9.47 Å². The van der Waals surface area contributed by atoms with Gasteiger partial charge in [0.25, 0.3) is 5.91 Å². The number of benzene rings is 2. The molecule has 2 aromatic rings. The average Bonchev–Trinajstić information content (AvgIpc) is 2.83. The lowest BCUT2D eigenvalue weighted by Gasteiger charge is -2.51. The molecule has 2 aromatic carbocycles. The standard InChI is InChI=1S/C25H27F2NO5/c1-32-18-4-2-16(3-5-18)14-33-21-19(26)12-17(13-20(21)27)22(29)28-15-24-6-9-25(10-7-24,11-8-24)23(30)31/h2-5,12-13H,6-11,14-15H2,1H3,(H,28,29)(H,30,31). The van der Waals surface area contributed by atoms with Crippen molar-refractivity contribution in [2.24, 2.45) is 10.8 Å². The number of amides is 1. The third-order valence-electron chi connectivity index (χ3n) is 7.28. The largest absolute Gasteiger partial charge is 0.497 e. The van der Waals surface area contributed by atoms with Gasteiger partial charge in [0, 0.05) is 12.1 Å². The van der Waals surface area contributed by atoms with E-state index in [0.29, 0.717) is 37.1 Å². The molecule has 5 rings (SSSR count). The maximum atomic E-state index is 14.5. The first-order valence-corrected chi connectivity index (χ1v) is 11.0. The Morgan fingerprint density at radius 2 is 1.58 bits per heavy atom. The molecule has 0 spiro atoms. The summed E-state index contributed by atoms with van der Waals surface area (Å²) >= 11 is 0. The topological polar surface area (TPSA) is 84.9 Å². The van der Waals surface area contributed by atoms with Crippen LogP contribution in [0.5, 0.6) is 11.5 Å². The lowest BCUT2D eigenvalue weighted by molar-refractivity contribution is -0.158. The number of carbonyl (C=O) groups excluding carboxylic acids is 1. The van der Waals surface area contributed by atoms with Crippen molar-refractivity contribution in [2.75, 3.05) is 13.7 Å². The van der Waals surface area contributed by atoms with Crippen LogP contribution in [0.4, 0.5) is 8.78 Å². The third-order valence-corrected chi connectivity index (χ3v) is 7.28. The van der Waals surface area contributed by atoms with E-state index in [1.54, 1.807) is 31.4 Å². The number of fused-ring (bicyclic) bond motifs is 3. The van der Waals surface area contributed by atoms with Crippen LogP contribution in [0.2, 0.25) is 0 Å². The van der Waals surface area contributed by atoms with Crippen molar-refractivity contribution in [3.05, 3.63) is 59.2 Å². The smallest absolute Gasteiger partial charge is 0.309 e. The van der Waals surface area contributed by atoms with E-state index < -0.39 is 34.7 Å². The van der Waals surface area contributed by atoms with Crippen LogP contribution >= 0.6 is 0 Å². The first-order valence-electron chi connectivity index (χ1n) is 11.0. The fourth-order valence-electron chi connectivity index (χ4n) is 4.93. The van der Waals surface area contributed by atoms with Crippen molar-refractivity contribution >= 4 is 11.9 Å². The second-order valence-electron chi connectivity index (χ2n) is 9.17. The van der Waals surface area contributed by atoms with Gasteiger partial charge in [-0.15, -0.1) is 0 Å². The van der Waals surface area contributed by atoms with Crippen molar-refractivity contribution in [1.82, 2.24) is 5.32 Å². The number of nitrogens with one attached hydrogen (secondary N) is 1. The molecule has 1 amide bonds. The van der Waals surface area contributed by atoms with Gasteiger partial charge >= 0.3 is 5.97 Å². The number of carbonyl (C=O) groups is 2. The van der Waals surface area contributed by atoms with Gasteiger partial charge in [0.15, 0.2) is 17.4 Å². The van der Waals surface area contributed by atoms with Crippen LogP contribution < -0.4 is 14.8 Å². The highest BCUT2D eigenvalue weighted by atomic mass is 19.1. The molecule has 0 heterocycles. The molecule has 3 aliphatic carbocycles. The monoisotopic (exact) mass is 459 g/mol. The Bertz CT molecular complexity index is 1010. The van der Waals surface area contributed by atoms with Crippen molar-refractivity contribution in [2.45, 2.75) is 45.1 Å². The van der Waals surface area contributed by atoms with Gasteiger partial charge in [0.2, 0.25) is 0 Å². The third kappa shape index (κ3) is 4.65. The Morgan fingerprint density at radius 1 is 1.00 bits per heavy atom. The fourth-order valence-corrected chi connectivity index (χ4v) is 4.93. The zero-order chi connectivity index (χ0) is 23.6. The number of methoxy groups -OCH3 is 1. The number of carboxylic acid groups (broad SMARTS) is 1. The number of hydrogen-bond acceptors (Lipinski definition) is 4. The van der Waals surface area contributed by atoms with Gasteiger partial charge < -0.3 is 19.9 Å². The lowest BCUT2D eigenvalue weighted by atomic mass is 9.53. The Kier molecular flexibility index (Phi) is 6.28. The predicted molar refractivity (Wildman–Crippen MR) is 116 cm³/mol. The molecule has 3 aliphatic rings. The molecule has 8 heteroatoms. The molecule has 2 N–H and O–H groups in total. The average molecular weight is 459 g/mol. The van der Waals surface area contributed by atoms with Crippen LogP contribution in [0.15, 0.2) is 36.4 Å². The molecule has 33 heavy (non-hydrogen) atoms. The number of ether oxygens (including phenoxy) is 2. The molecule has 0 unspecified atom stereocenters. The summed E-state index contributed by atoms with van der Waals surface area (Å²) in [6, 6.07) is 8.84. The first kappa shape index (κ1) is 23.0. The second-order valence-corrected chi connectivity index (χ2v) is 9.17. The van der Waals surface area contributed by atoms with E-state index in [2.05, 4.69) is 5.32 Å². The van der Waals surface area contributed by atoms with Crippen LogP contribution in [0.25, 0.3) is 0 Å². The summed E-state index contributed by atoms with van der Waals surface area (Å²) in [6.45, 7) is 0.324. The summed E-state index contributed by atoms with van der Waals surface area (Å²) in [5, 5.41) is 12.3. The quantitative estimate of drug-likeness (QED) is 0.597. The molecule has 0 saturated heterocycles. The maximum absolute atomic E-state index is 14.5. The zero-order valence-corrected chi connectivity index (χ0v) is 18.5. The fraction of sp³-hybridized carbons (Fsp3) is 0.440. The molecule has 0 aromatic heterocycles. The molecular weight excluding hydrogens is 432 g/mol.